The van der Waals surface area contributed by atoms with Crippen molar-refractivity contribution in [3.05, 3.63) is 82.9 Å². The highest BCUT2D eigenvalue weighted by atomic mass is 35.5. The molecule has 0 aromatic heterocycles. The number of carbonyl (C=O) groups is 3. The molecule has 186 valence electrons. The van der Waals surface area contributed by atoms with Gasteiger partial charge in [0.1, 0.15) is 5.75 Å². The van der Waals surface area contributed by atoms with Crippen LogP contribution in [0.5, 0.6) is 5.75 Å². The highest BCUT2D eigenvalue weighted by Crippen LogP contribution is 2.28. The molecule has 1 saturated heterocycles. The van der Waals surface area contributed by atoms with Gasteiger partial charge in [-0.3, -0.25) is 25.2 Å². The number of rotatable bonds is 8. The minimum atomic E-state index is -0.516. The van der Waals surface area contributed by atoms with Gasteiger partial charge in [0.2, 0.25) is 11.8 Å². The number of benzene rings is 3. The molecular weight excluding hydrogens is 480 g/mol. The lowest BCUT2D eigenvalue weighted by molar-refractivity contribution is -0.125. The lowest BCUT2D eigenvalue weighted by atomic mass is 10.1. The van der Waals surface area contributed by atoms with Crippen molar-refractivity contribution in [3.63, 3.8) is 0 Å². The van der Waals surface area contributed by atoms with Gasteiger partial charge >= 0.3 is 0 Å². The predicted molar refractivity (Wildman–Crippen MR) is 140 cm³/mol. The first-order chi connectivity index (χ1) is 17.3. The Morgan fingerprint density at radius 3 is 2.56 bits per heavy atom. The second-order valence-corrected chi connectivity index (χ2v) is 9.07. The Morgan fingerprint density at radius 1 is 1.03 bits per heavy atom. The van der Waals surface area contributed by atoms with E-state index in [0.717, 1.165) is 16.8 Å². The van der Waals surface area contributed by atoms with Gasteiger partial charge < -0.3 is 15.0 Å². The van der Waals surface area contributed by atoms with Crippen LogP contribution in [-0.4, -0.2) is 30.9 Å². The van der Waals surface area contributed by atoms with E-state index in [1.54, 1.807) is 23.1 Å². The standard InChI is InChI=1S/C27H27ClN4O4/c1-17-8-10-21(12-18(17)2)29-25(33)16-36-24-11-9-20(28)14-23(24)30-31-27(35)19-13-26(34)32(15-19)22-6-4-3-5-7-22/h3-12,14,19,30H,13,15-16H2,1-2H3,(H,29,33)(H,31,35)/t19-/m1/s1. The number of hydrazine groups is 1. The van der Waals surface area contributed by atoms with Crippen molar-refractivity contribution in [3.8, 4) is 5.75 Å². The van der Waals surface area contributed by atoms with E-state index < -0.39 is 5.92 Å². The minimum absolute atomic E-state index is 0.108. The van der Waals surface area contributed by atoms with E-state index in [9.17, 15) is 14.4 Å². The zero-order valence-corrected chi connectivity index (χ0v) is 20.8. The highest BCUT2D eigenvalue weighted by molar-refractivity contribution is 6.31. The van der Waals surface area contributed by atoms with E-state index in [0.29, 0.717) is 22.1 Å². The Bertz CT molecular complexity index is 1280. The van der Waals surface area contributed by atoms with Crippen molar-refractivity contribution < 1.29 is 19.1 Å². The molecule has 0 spiro atoms. The van der Waals surface area contributed by atoms with E-state index >= 15 is 0 Å². The van der Waals surface area contributed by atoms with Crippen LogP contribution >= 0.6 is 11.6 Å². The number of ether oxygens (including phenoxy) is 1. The molecule has 4 rings (SSSR count). The first-order valence-electron chi connectivity index (χ1n) is 11.5. The number of aryl methyl sites for hydroxylation is 2. The number of anilines is 3. The summed E-state index contributed by atoms with van der Waals surface area (Å²) in [7, 11) is 0. The minimum Gasteiger partial charge on any atom is -0.482 e. The summed E-state index contributed by atoms with van der Waals surface area (Å²) in [6, 6.07) is 19.7. The second kappa shape index (κ2) is 11.1. The number of hydrogen-bond acceptors (Lipinski definition) is 5. The van der Waals surface area contributed by atoms with Gasteiger partial charge in [-0.1, -0.05) is 35.9 Å². The Hall–Kier alpha value is -4.04. The summed E-state index contributed by atoms with van der Waals surface area (Å²) in [6.45, 7) is 4.03. The zero-order valence-electron chi connectivity index (χ0n) is 20.0. The number of para-hydroxylation sites is 1. The molecule has 8 nitrogen and oxygen atoms in total. The molecule has 3 aromatic carbocycles. The summed E-state index contributed by atoms with van der Waals surface area (Å²) in [6.07, 6.45) is 0.111. The van der Waals surface area contributed by atoms with E-state index in [4.69, 9.17) is 16.3 Å². The average Bonchev–Trinajstić information content (AvgIpc) is 3.26. The van der Waals surface area contributed by atoms with E-state index in [1.165, 1.54) is 0 Å². The molecule has 0 bridgehead atoms. The highest BCUT2D eigenvalue weighted by Gasteiger charge is 2.35. The van der Waals surface area contributed by atoms with Gasteiger partial charge in [0.05, 0.1) is 11.6 Å². The van der Waals surface area contributed by atoms with E-state index in [-0.39, 0.29) is 37.3 Å². The maximum Gasteiger partial charge on any atom is 0.262 e. The number of amides is 3. The number of nitrogens with zero attached hydrogens (tertiary/aromatic N) is 1. The Labute approximate surface area is 214 Å². The fourth-order valence-corrected chi connectivity index (χ4v) is 4.03. The molecule has 1 aliphatic rings. The quantitative estimate of drug-likeness (QED) is 0.391. The zero-order chi connectivity index (χ0) is 25.7. The van der Waals surface area contributed by atoms with Crippen LogP contribution in [0.15, 0.2) is 66.7 Å². The lowest BCUT2D eigenvalue weighted by Gasteiger charge is -2.18. The molecule has 1 atom stereocenters. The molecule has 1 heterocycles. The number of nitrogens with one attached hydrogen (secondary N) is 3. The smallest absolute Gasteiger partial charge is 0.262 e. The average molecular weight is 507 g/mol. The second-order valence-electron chi connectivity index (χ2n) is 8.63. The van der Waals surface area contributed by atoms with Gasteiger partial charge in [0.25, 0.3) is 5.91 Å². The topological polar surface area (TPSA) is 99.8 Å². The maximum absolute atomic E-state index is 12.8. The number of hydrogen-bond donors (Lipinski definition) is 3. The summed E-state index contributed by atoms with van der Waals surface area (Å²) < 4.78 is 5.68. The SMILES string of the molecule is Cc1ccc(NC(=O)COc2ccc(Cl)cc2NNC(=O)[C@@H]2CC(=O)N(c3ccccc3)C2)cc1C. The van der Waals surface area contributed by atoms with Gasteiger partial charge in [-0.25, -0.2) is 0 Å². The first-order valence-corrected chi connectivity index (χ1v) is 11.9. The summed E-state index contributed by atoms with van der Waals surface area (Å²) in [5, 5.41) is 3.22. The van der Waals surface area contributed by atoms with Gasteiger partial charge in [0, 0.05) is 29.4 Å². The van der Waals surface area contributed by atoms with Crippen LogP contribution in [0, 0.1) is 19.8 Å². The van der Waals surface area contributed by atoms with Crippen molar-refractivity contribution in [2.24, 2.45) is 5.92 Å². The molecule has 3 N–H and O–H groups in total. The van der Waals surface area contributed by atoms with Crippen molar-refractivity contribution in [1.82, 2.24) is 5.43 Å². The molecule has 9 heteroatoms. The molecule has 0 aliphatic carbocycles. The maximum atomic E-state index is 12.8. The Balaban J connectivity index is 1.34. The summed E-state index contributed by atoms with van der Waals surface area (Å²) in [5.74, 6) is -0.947. The van der Waals surface area contributed by atoms with Crippen LogP contribution in [0.25, 0.3) is 0 Å². The van der Waals surface area contributed by atoms with Crippen LogP contribution in [0.3, 0.4) is 0 Å². The van der Waals surface area contributed by atoms with Crippen molar-refractivity contribution in [2.45, 2.75) is 20.3 Å². The molecule has 1 aliphatic heterocycles. The van der Waals surface area contributed by atoms with Crippen LogP contribution in [0.2, 0.25) is 5.02 Å². The molecule has 36 heavy (non-hydrogen) atoms. The van der Waals surface area contributed by atoms with Crippen LogP contribution in [-0.2, 0) is 14.4 Å². The van der Waals surface area contributed by atoms with Crippen molar-refractivity contribution in [2.75, 3.05) is 28.8 Å². The van der Waals surface area contributed by atoms with Gasteiger partial charge in [-0.15, -0.1) is 0 Å². The third-order valence-electron chi connectivity index (χ3n) is 5.98. The molecule has 0 saturated carbocycles. The van der Waals surface area contributed by atoms with E-state index in [2.05, 4.69) is 16.2 Å². The summed E-state index contributed by atoms with van der Waals surface area (Å²) in [4.78, 5) is 39.2. The van der Waals surface area contributed by atoms with Gasteiger partial charge in [-0.05, 0) is 67.4 Å². The third-order valence-corrected chi connectivity index (χ3v) is 6.21. The van der Waals surface area contributed by atoms with Gasteiger partial charge in [0.15, 0.2) is 6.61 Å². The number of halogens is 1. The molecule has 0 radical (unpaired) electrons. The summed E-state index contributed by atoms with van der Waals surface area (Å²) >= 11 is 6.12. The molecule has 1 fully saturated rings. The normalized spacial score (nSPS) is 14.9. The van der Waals surface area contributed by atoms with Crippen LogP contribution in [0.4, 0.5) is 17.1 Å². The lowest BCUT2D eigenvalue weighted by Crippen LogP contribution is -2.36. The summed E-state index contributed by atoms with van der Waals surface area (Å²) in [5.41, 5.74) is 9.49. The monoisotopic (exact) mass is 506 g/mol. The molecule has 3 amide bonds. The van der Waals surface area contributed by atoms with Crippen LogP contribution < -0.4 is 25.8 Å². The largest absolute Gasteiger partial charge is 0.482 e. The van der Waals surface area contributed by atoms with Gasteiger partial charge in [-0.2, -0.15) is 0 Å². The first kappa shape index (κ1) is 25.1. The fourth-order valence-electron chi connectivity index (χ4n) is 3.86. The Kier molecular flexibility index (Phi) is 7.75. The predicted octanol–water partition coefficient (Wildman–Crippen LogP) is 4.47. The van der Waals surface area contributed by atoms with Crippen molar-refractivity contribution in [1.29, 1.82) is 0 Å². The molecular formula is C27H27ClN4O4. The molecule has 0 unspecified atom stereocenters. The fraction of sp³-hybridized carbons (Fsp3) is 0.222. The van der Waals surface area contributed by atoms with Crippen LogP contribution in [0.1, 0.15) is 17.5 Å². The molecule has 3 aromatic rings. The Morgan fingerprint density at radius 2 is 1.81 bits per heavy atom. The van der Waals surface area contributed by atoms with Crippen molar-refractivity contribution >= 4 is 46.4 Å². The van der Waals surface area contributed by atoms with E-state index in [1.807, 2.05) is 62.4 Å². The number of carbonyl (C=O) groups excluding carboxylic acids is 3. The third kappa shape index (κ3) is 6.14.